The van der Waals surface area contributed by atoms with E-state index in [0.29, 0.717) is 17.0 Å². The predicted octanol–water partition coefficient (Wildman–Crippen LogP) is 3.72. The van der Waals surface area contributed by atoms with Gasteiger partial charge in [0.1, 0.15) is 17.2 Å². The van der Waals surface area contributed by atoms with Gasteiger partial charge >= 0.3 is 0 Å². The van der Waals surface area contributed by atoms with Crippen LogP contribution in [0, 0.1) is 6.92 Å². The van der Waals surface area contributed by atoms with Gasteiger partial charge in [0.2, 0.25) is 5.95 Å². The second kappa shape index (κ2) is 8.58. The summed E-state index contributed by atoms with van der Waals surface area (Å²) in [6.07, 6.45) is 8.92. The zero-order valence-electron chi connectivity index (χ0n) is 18.0. The summed E-state index contributed by atoms with van der Waals surface area (Å²) in [6.45, 7) is 3.94. The van der Waals surface area contributed by atoms with Crippen molar-refractivity contribution in [3.8, 4) is 0 Å². The molecule has 0 bridgehead atoms. The molecular weight excluding hydrogens is 426 g/mol. The summed E-state index contributed by atoms with van der Waals surface area (Å²) in [5.41, 5.74) is 2.77. The Morgan fingerprint density at radius 2 is 1.91 bits per heavy atom. The van der Waals surface area contributed by atoms with Crippen LogP contribution in [0.4, 0.5) is 23.3 Å². The van der Waals surface area contributed by atoms with E-state index in [1.807, 2.05) is 31.6 Å². The lowest BCUT2D eigenvalue weighted by Crippen LogP contribution is -2.44. The molecule has 9 nitrogen and oxygen atoms in total. The van der Waals surface area contributed by atoms with Crippen LogP contribution < -0.4 is 15.1 Å². The average molecular weight is 450 g/mol. The second-order valence-corrected chi connectivity index (χ2v) is 8.40. The van der Waals surface area contributed by atoms with E-state index in [1.54, 1.807) is 10.7 Å². The van der Waals surface area contributed by atoms with Crippen LogP contribution in [-0.4, -0.2) is 55.7 Å². The van der Waals surface area contributed by atoms with Gasteiger partial charge in [-0.3, -0.25) is 0 Å². The lowest BCUT2D eigenvalue weighted by Gasteiger charge is -2.38. The molecule has 164 valence electrons. The molecule has 0 amide bonds. The minimum Gasteiger partial charge on any atom is -0.356 e. The molecule has 1 saturated heterocycles. The first kappa shape index (κ1) is 20.4. The smallest absolute Gasteiger partial charge is 0.229 e. The number of nitrogens with zero attached hydrogens (tertiary/aromatic N) is 8. The third kappa shape index (κ3) is 4.16. The van der Waals surface area contributed by atoms with E-state index in [0.717, 1.165) is 48.9 Å². The van der Waals surface area contributed by atoms with Gasteiger partial charge in [0, 0.05) is 32.4 Å². The van der Waals surface area contributed by atoms with Gasteiger partial charge in [0.15, 0.2) is 11.5 Å². The molecule has 1 N–H and O–H groups in total. The molecule has 0 aromatic carbocycles. The predicted molar refractivity (Wildman–Crippen MR) is 126 cm³/mol. The minimum absolute atomic E-state index is 0.337. The van der Waals surface area contributed by atoms with E-state index < -0.39 is 0 Å². The summed E-state index contributed by atoms with van der Waals surface area (Å²) < 4.78 is 1.70. The SMILES string of the molecule is Cc1ccc(N2CCC(N(C)c3nc(Nc4ccc5ncnn5c4)ncc3Cl)CC2)nc1. The average Bonchev–Trinajstić information content (AvgIpc) is 3.28. The van der Waals surface area contributed by atoms with Crippen LogP contribution >= 0.6 is 11.6 Å². The standard InChI is InChI=1S/C22H24ClN9/c1-15-3-5-19(24-11-15)31-9-7-17(8-10-31)30(2)21-18(23)12-25-22(29-21)28-16-4-6-20-26-14-27-32(20)13-16/h3-6,11-14,17H,7-10H2,1-2H3,(H,25,28,29). The maximum absolute atomic E-state index is 6.48. The lowest BCUT2D eigenvalue weighted by molar-refractivity contribution is 0.478. The number of pyridine rings is 2. The highest BCUT2D eigenvalue weighted by Gasteiger charge is 2.25. The number of hydrogen-bond donors (Lipinski definition) is 1. The Hall–Kier alpha value is -3.46. The Morgan fingerprint density at radius 1 is 1.06 bits per heavy atom. The number of hydrogen-bond acceptors (Lipinski definition) is 8. The number of piperidine rings is 1. The molecule has 0 unspecified atom stereocenters. The molecule has 4 aromatic heterocycles. The highest BCUT2D eigenvalue weighted by Crippen LogP contribution is 2.29. The van der Waals surface area contributed by atoms with E-state index in [1.165, 1.54) is 11.9 Å². The van der Waals surface area contributed by atoms with Crippen molar-refractivity contribution in [3.63, 3.8) is 0 Å². The summed E-state index contributed by atoms with van der Waals surface area (Å²) in [7, 11) is 2.05. The Bertz CT molecular complexity index is 1220. The Kier molecular flexibility index (Phi) is 5.48. The lowest BCUT2D eigenvalue weighted by atomic mass is 10.0. The van der Waals surface area contributed by atoms with E-state index in [9.17, 15) is 0 Å². The fourth-order valence-electron chi connectivity index (χ4n) is 3.99. The van der Waals surface area contributed by atoms with Crippen LogP contribution in [0.3, 0.4) is 0 Å². The van der Waals surface area contributed by atoms with Gasteiger partial charge in [-0.05, 0) is 43.5 Å². The molecule has 5 heterocycles. The molecule has 10 heteroatoms. The zero-order chi connectivity index (χ0) is 22.1. The third-order valence-corrected chi connectivity index (χ3v) is 6.09. The summed E-state index contributed by atoms with van der Waals surface area (Å²) >= 11 is 6.48. The van der Waals surface area contributed by atoms with Crippen molar-refractivity contribution in [2.24, 2.45) is 0 Å². The van der Waals surface area contributed by atoms with Crippen LogP contribution in [0.15, 0.2) is 49.2 Å². The van der Waals surface area contributed by atoms with Gasteiger partial charge < -0.3 is 15.1 Å². The van der Waals surface area contributed by atoms with Crippen LogP contribution in [-0.2, 0) is 0 Å². The highest BCUT2D eigenvalue weighted by atomic mass is 35.5. The van der Waals surface area contributed by atoms with Gasteiger partial charge in [-0.2, -0.15) is 10.1 Å². The first-order valence-electron chi connectivity index (χ1n) is 10.6. The first-order chi connectivity index (χ1) is 15.6. The minimum atomic E-state index is 0.337. The van der Waals surface area contributed by atoms with Crippen molar-refractivity contribution >= 4 is 40.5 Å². The molecule has 1 aliphatic rings. The van der Waals surface area contributed by atoms with E-state index in [4.69, 9.17) is 16.6 Å². The molecular formula is C22H24ClN9. The summed E-state index contributed by atoms with van der Waals surface area (Å²) in [4.78, 5) is 22.3. The Balaban J connectivity index is 1.28. The number of aromatic nitrogens is 6. The summed E-state index contributed by atoms with van der Waals surface area (Å²) in [5, 5.41) is 7.93. The monoisotopic (exact) mass is 449 g/mol. The fourth-order valence-corrected chi connectivity index (χ4v) is 4.21. The molecule has 0 atom stereocenters. The quantitative estimate of drug-likeness (QED) is 0.493. The van der Waals surface area contributed by atoms with Gasteiger partial charge in [-0.1, -0.05) is 17.7 Å². The van der Waals surface area contributed by atoms with Gasteiger partial charge in [0.25, 0.3) is 0 Å². The molecule has 32 heavy (non-hydrogen) atoms. The third-order valence-electron chi connectivity index (χ3n) is 5.82. The van der Waals surface area contributed by atoms with Gasteiger partial charge in [0.05, 0.1) is 18.1 Å². The van der Waals surface area contributed by atoms with Gasteiger partial charge in [-0.25, -0.2) is 19.5 Å². The number of nitrogens with one attached hydrogen (secondary N) is 1. The number of halogens is 1. The summed E-state index contributed by atoms with van der Waals surface area (Å²) in [6, 6.07) is 8.34. The Labute approximate surface area is 191 Å². The summed E-state index contributed by atoms with van der Waals surface area (Å²) in [5.74, 6) is 2.24. The van der Waals surface area contributed by atoms with Crippen molar-refractivity contribution in [1.29, 1.82) is 0 Å². The van der Waals surface area contributed by atoms with Crippen LogP contribution in [0.5, 0.6) is 0 Å². The Morgan fingerprint density at radius 3 is 2.69 bits per heavy atom. The molecule has 0 aliphatic carbocycles. The molecule has 5 rings (SSSR count). The molecule has 4 aromatic rings. The van der Waals surface area contributed by atoms with Crippen molar-refractivity contribution in [3.05, 3.63) is 59.8 Å². The van der Waals surface area contributed by atoms with E-state index >= 15 is 0 Å². The molecule has 1 aliphatic heterocycles. The number of fused-ring (bicyclic) bond motifs is 1. The largest absolute Gasteiger partial charge is 0.356 e. The zero-order valence-corrected chi connectivity index (χ0v) is 18.7. The van der Waals surface area contributed by atoms with Crippen LogP contribution in [0.25, 0.3) is 5.65 Å². The van der Waals surface area contributed by atoms with Crippen molar-refractivity contribution in [1.82, 2.24) is 29.5 Å². The maximum Gasteiger partial charge on any atom is 0.229 e. The molecule has 0 radical (unpaired) electrons. The van der Waals surface area contributed by atoms with Crippen LogP contribution in [0.2, 0.25) is 5.02 Å². The second-order valence-electron chi connectivity index (χ2n) is 7.99. The number of aryl methyl sites for hydroxylation is 1. The normalized spacial score (nSPS) is 14.7. The van der Waals surface area contributed by atoms with E-state index in [-0.39, 0.29) is 0 Å². The van der Waals surface area contributed by atoms with Crippen LogP contribution in [0.1, 0.15) is 18.4 Å². The maximum atomic E-state index is 6.48. The molecule has 1 fully saturated rings. The fraction of sp³-hybridized carbons (Fsp3) is 0.318. The van der Waals surface area contributed by atoms with Gasteiger partial charge in [-0.15, -0.1) is 0 Å². The molecule has 0 spiro atoms. The topological polar surface area (TPSA) is 87.4 Å². The molecule has 0 saturated carbocycles. The van der Waals surface area contributed by atoms with Crippen molar-refractivity contribution in [2.45, 2.75) is 25.8 Å². The number of anilines is 4. The van der Waals surface area contributed by atoms with E-state index in [2.05, 4.69) is 54.2 Å². The first-order valence-corrected chi connectivity index (χ1v) is 10.9. The van der Waals surface area contributed by atoms with Crippen molar-refractivity contribution in [2.75, 3.05) is 35.3 Å². The highest BCUT2D eigenvalue weighted by molar-refractivity contribution is 6.32. The number of rotatable bonds is 5. The van der Waals surface area contributed by atoms with Crippen molar-refractivity contribution < 1.29 is 0 Å².